The molecule has 0 aliphatic carbocycles. The molecule has 0 aliphatic rings. The Bertz CT molecular complexity index is 194. The molecular formula is C8H9N. The summed E-state index contributed by atoms with van der Waals surface area (Å²) in [5, 5.41) is 2.57. The largest absolute Gasteiger partial charge is 0.378 e. The summed E-state index contributed by atoms with van der Waals surface area (Å²) in [6.45, 7) is 2.03. The molecule has 0 amide bonds. The molecule has 2 radical (unpaired) electrons. The van der Waals surface area contributed by atoms with E-state index in [4.69, 9.17) is 7.05 Å². The van der Waals surface area contributed by atoms with Crippen LogP contribution in [-0.2, 0) is 0 Å². The summed E-state index contributed by atoms with van der Waals surface area (Å²) in [6, 6.07) is 7.90. The molecule has 0 saturated carbocycles. The molecule has 0 atom stereocenters. The smallest absolute Gasteiger partial charge is 0.0705 e. The second-order valence-corrected chi connectivity index (χ2v) is 2.01. The second-order valence-electron chi connectivity index (χ2n) is 2.01. The zero-order valence-electron chi connectivity index (χ0n) is 5.39. The fourth-order valence-electron chi connectivity index (χ4n) is 0.735. The Morgan fingerprint density at radius 1 is 1.44 bits per heavy atom. The van der Waals surface area contributed by atoms with Gasteiger partial charge in [0.1, 0.15) is 0 Å². The number of aryl methyl sites for hydroxylation is 1. The number of benzene rings is 1. The van der Waals surface area contributed by atoms with Crippen LogP contribution in [0.25, 0.3) is 0 Å². The molecule has 0 aliphatic heterocycles. The Labute approximate surface area is 55.7 Å². The standard InChI is InChI=1S/C8H9N/c1-7-4-3-5-8(6-7)9-2/h2-6,9H,1H3. The number of rotatable bonds is 1. The van der Waals surface area contributed by atoms with Gasteiger partial charge in [0.05, 0.1) is 7.05 Å². The van der Waals surface area contributed by atoms with Gasteiger partial charge in [-0.25, -0.2) is 0 Å². The summed E-state index contributed by atoms with van der Waals surface area (Å²) in [5.41, 5.74) is 2.17. The van der Waals surface area contributed by atoms with Gasteiger partial charge >= 0.3 is 0 Å². The number of nitrogens with one attached hydrogen (secondary N) is 1. The van der Waals surface area contributed by atoms with Gasteiger partial charge in [0.25, 0.3) is 0 Å². The normalized spacial score (nSPS) is 9.11. The molecule has 0 heterocycles. The molecule has 0 spiro atoms. The zero-order valence-corrected chi connectivity index (χ0v) is 5.39. The van der Waals surface area contributed by atoms with Crippen LogP contribution in [0, 0.1) is 14.0 Å². The second kappa shape index (κ2) is 2.53. The van der Waals surface area contributed by atoms with Crippen molar-refractivity contribution in [3.63, 3.8) is 0 Å². The zero-order chi connectivity index (χ0) is 6.69. The van der Waals surface area contributed by atoms with Gasteiger partial charge in [0.2, 0.25) is 0 Å². The van der Waals surface area contributed by atoms with E-state index in [9.17, 15) is 0 Å². The molecule has 1 aromatic carbocycles. The highest BCUT2D eigenvalue weighted by molar-refractivity contribution is 5.45. The van der Waals surface area contributed by atoms with Gasteiger partial charge in [-0.15, -0.1) is 0 Å². The first-order chi connectivity index (χ1) is 4.33. The summed E-state index contributed by atoms with van der Waals surface area (Å²) >= 11 is 0. The maximum absolute atomic E-state index is 5.17. The number of anilines is 1. The Morgan fingerprint density at radius 2 is 2.22 bits per heavy atom. The lowest BCUT2D eigenvalue weighted by atomic mass is 10.2. The van der Waals surface area contributed by atoms with Crippen molar-refractivity contribution in [3.05, 3.63) is 36.9 Å². The highest BCUT2D eigenvalue weighted by Crippen LogP contribution is 2.07. The minimum atomic E-state index is 0.954. The third-order valence-electron chi connectivity index (χ3n) is 1.18. The van der Waals surface area contributed by atoms with Crippen molar-refractivity contribution in [2.75, 3.05) is 5.32 Å². The van der Waals surface area contributed by atoms with E-state index >= 15 is 0 Å². The third-order valence-corrected chi connectivity index (χ3v) is 1.18. The Kier molecular flexibility index (Phi) is 1.73. The van der Waals surface area contributed by atoms with Crippen molar-refractivity contribution in [3.8, 4) is 0 Å². The van der Waals surface area contributed by atoms with E-state index in [2.05, 4.69) is 5.32 Å². The summed E-state index contributed by atoms with van der Waals surface area (Å²) in [4.78, 5) is 0. The van der Waals surface area contributed by atoms with E-state index in [0.29, 0.717) is 0 Å². The SMILES string of the molecule is [CH]Nc1cccc(C)c1. The molecule has 0 aromatic heterocycles. The third kappa shape index (κ3) is 1.46. The molecule has 0 unspecified atom stereocenters. The Hall–Kier alpha value is -0.980. The number of hydrogen-bond acceptors (Lipinski definition) is 1. The van der Waals surface area contributed by atoms with Gasteiger partial charge in [-0.05, 0) is 24.6 Å². The quantitative estimate of drug-likeness (QED) is 0.558. The summed E-state index contributed by atoms with van der Waals surface area (Å²) in [6.07, 6.45) is 0. The molecule has 1 nitrogen and oxygen atoms in total. The van der Waals surface area contributed by atoms with Crippen LogP contribution in [0.2, 0.25) is 0 Å². The fraction of sp³-hybridized carbons (Fsp3) is 0.125. The van der Waals surface area contributed by atoms with Crippen molar-refractivity contribution in [1.29, 1.82) is 0 Å². The molecule has 1 rings (SSSR count). The fourth-order valence-corrected chi connectivity index (χ4v) is 0.735. The Balaban J connectivity index is 2.94. The molecule has 1 heteroatoms. The number of hydrogen-bond donors (Lipinski definition) is 1. The molecule has 46 valence electrons. The highest BCUT2D eigenvalue weighted by atomic mass is 14.8. The van der Waals surface area contributed by atoms with Crippen molar-refractivity contribution in [1.82, 2.24) is 0 Å². The van der Waals surface area contributed by atoms with Crippen LogP contribution < -0.4 is 5.32 Å². The molecule has 9 heavy (non-hydrogen) atoms. The molecule has 0 saturated heterocycles. The summed E-state index contributed by atoms with van der Waals surface area (Å²) < 4.78 is 0. The van der Waals surface area contributed by atoms with Crippen LogP contribution in [0.1, 0.15) is 5.56 Å². The first-order valence-electron chi connectivity index (χ1n) is 2.86. The van der Waals surface area contributed by atoms with Gasteiger partial charge in [0, 0.05) is 5.69 Å². The van der Waals surface area contributed by atoms with Crippen LogP contribution in [0.3, 0.4) is 0 Å². The minimum absolute atomic E-state index is 0.954. The van der Waals surface area contributed by atoms with Gasteiger partial charge in [0.15, 0.2) is 0 Å². The van der Waals surface area contributed by atoms with E-state index < -0.39 is 0 Å². The minimum Gasteiger partial charge on any atom is -0.378 e. The summed E-state index contributed by atoms with van der Waals surface area (Å²) in [5.74, 6) is 0. The molecule has 0 fully saturated rings. The van der Waals surface area contributed by atoms with Crippen LogP contribution in [0.15, 0.2) is 24.3 Å². The first-order valence-corrected chi connectivity index (χ1v) is 2.86. The lowest BCUT2D eigenvalue weighted by Crippen LogP contribution is -1.83. The monoisotopic (exact) mass is 119 g/mol. The van der Waals surface area contributed by atoms with E-state index in [1.807, 2.05) is 31.2 Å². The average molecular weight is 119 g/mol. The van der Waals surface area contributed by atoms with E-state index in [1.54, 1.807) is 0 Å². The van der Waals surface area contributed by atoms with Crippen molar-refractivity contribution < 1.29 is 0 Å². The van der Waals surface area contributed by atoms with Crippen LogP contribution in [0.5, 0.6) is 0 Å². The maximum Gasteiger partial charge on any atom is 0.0705 e. The molecule has 1 N–H and O–H groups in total. The van der Waals surface area contributed by atoms with E-state index in [0.717, 1.165) is 5.69 Å². The molecular weight excluding hydrogens is 110 g/mol. The van der Waals surface area contributed by atoms with E-state index in [-0.39, 0.29) is 0 Å². The Morgan fingerprint density at radius 3 is 2.67 bits per heavy atom. The van der Waals surface area contributed by atoms with Crippen LogP contribution in [-0.4, -0.2) is 0 Å². The maximum atomic E-state index is 5.17. The predicted molar refractivity (Wildman–Crippen MR) is 39.1 cm³/mol. The molecule has 0 bridgehead atoms. The van der Waals surface area contributed by atoms with E-state index in [1.165, 1.54) is 5.56 Å². The van der Waals surface area contributed by atoms with Gasteiger partial charge in [-0.1, -0.05) is 12.1 Å². The molecule has 1 aromatic rings. The van der Waals surface area contributed by atoms with Gasteiger partial charge < -0.3 is 5.32 Å². The van der Waals surface area contributed by atoms with Gasteiger partial charge in [-0.2, -0.15) is 0 Å². The predicted octanol–water partition coefficient (Wildman–Crippen LogP) is 2.08. The summed E-state index contributed by atoms with van der Waals surface area (Å²) in [7, 11) is 5.17. The average Bonchev–Trinajstić information content (AvgIpc) is 1.88. The van der Waals surface area contributed by atoms with Crippen LogP contribution in [0.4, 0.5) is 5.69 Å². The van der Waals surface area contributed by atoms with Crippen LogP contribution >= 0.6 is 0 Å². The lowest BCUT2D eigenvalue weighted by molar-refractivity contribution is 1.45. The van der Waals surface area contributed by atoms with Crippen molar-refractivity contribution in [2.45, 2.75) is 6.92 Å². The van der Waals surface area contributed by atoms with Gasteiger partial charge in [-0.3, -0.25) is 0 Å². The van der Waals surface area contributed by atoms with Crippen molar-refractivity contribution >= 4 is 5.69 Å². The highest BCUT2D eigenvalue weighted by Gasteiger charge is 1.85. The topological polar surface area (TPSA) is 12.0 Å². The lowest BCUT2D eigenvalue weighted by Gasteiger charge is -1.97. The first kappa shape index (κ1) is 6.14. The van der Waals surface area contributed by atoms with Crippen molar-refractivity contribution in [2.24, 2.45) is 0 Å².